The fourth-order valence-electron chi connectivity index (χ4n) is 1.87. The normalized spacial score (nSPS) is 11.6. The van der Waals surface area contributed by atoms with Gasteiger partial charge < -0.3 is 14.6 Å². The molecule has 1 aromatic heterocycles. The van der Waals surface area contributed by atoms with Crippen LogP contribution < -0.4 is 5.32 Å². The SMILES string of the molecule is Cc1cc(NC(=O)C(C)OC(=O)c2ccc(C)c([N+](=O)[O-])c2)no1. The quantitative estimate of drug-likeness (QED) is 0.506. The van der Waals surface area contributed by atoms with E-state index in [4.69, 9.17) is 9.26 Å². The summed E-state index contributed by atoms with van der Waals surface area (Å²) in [5.41, 5.74) is 0.215. The van der Waals surface area contributed by atoms with Crippen molar-refractivity contribution in [1.82, 2.24) is 5.16 Å². The molecule has 0 radical (unpaired) electrons. The second-order valence-corrected chi connectivity index (χ2v) is 5.12. The highest BCUT2D eigenvalue weighted by Crippen LogP contribution is 2.20. The molecule has 24 heavy (non-hydrogen) atoms. The van der Waals surface area contributed by atoms with Gasteiger partial charge in [-0.1, -0.05) is 11.2 Å². The first-order valence-corrected chi connectivity index (χ1v) is 6.98. The third kappa shape index (κ3) is 3.94. The zero-order chi connectivity index (χ0) is 17.9. The third-order valence-corrected chi connectivity index (χ3v) is 3.17. The number of nitrogens with zero attached hydrogens (tertiary/aromatic N) is 2. The number of hydrogen-bond donors (Lipinski definition) is 1. The molecular formula is C15H15N3O6. The zero-order valence-electron chi connectivity index (χ0n) is 13.2. The number of aryl methyl sites for hydroxylation is 2. The number of carbonyl (C=O) groups is 2. The lowest BCUT2D eigenvalue weighted by atomic mass is 10.1. The van der Waals surface area contributed by atoms with Crippen LogP contribution in [0, 0.1) is 24.0 Å². The standard InChI is InChI=1S/C15H15N3O6/c1-8-4-5-11(7-12(8)18(21)22)15(20)23-10(3)14(19)16-13-6-9(2)24-17-13/h4-7,10H,1-3H3,(H,16,17,19). The fourth-order valence-corrected chi connectivity index (χ4v) is 1.87. The first-order chi connectivity index (χ1) is 11.3. The average Bonchev–Trinajstić information content (AvgIpc) is 2.92. The summed E-state index contributed by atoms with van der Waals surface area (Å²) >= 11 is 0. The van der Waals surface area contributed by atoms with Crippen LogP contribution in [0.4, 0.5) is 11.5 Å². The van der Waals surface area contributed by atoms with E-state index in [0.29, 0.717) is 11.3 Å². The maximum Gasteiger partial charge on any atom is 0.339 e. The van der Waals surface area contributed by atoms with Gasteiger partial charge in [-0.25, -0.2) is 4.79 Å². The number of nitro benzene ring substituents is 1. The van der Waals surface area contributed by atoms with Crippen molar-refractivity contribution in [3.63, 3.8) is 0 Å². The van der Waals surface area contributed by atoms with Crippen molar-refractivity contribution in [2.24, 2.45) is 0 Å². The Morgan fingerprint density at radius 1 is 1.33 bits per heavy atom. The van der Waals surface area contributed by atoms with Crippen LogP contribution in [-0.2, 0) is 9.53 Å². The molecule has 2 rings (SSSR count). The Morgan fingerprint density at radius 2 is 2.04 bits per heavy atom. The van der Waals surface area contributed by atoms with Gasteiger partial charge in [0.2, 0.25) is 0 Å². The van der Waals surface area contributed by atoms with E-state index in [-0.39, 0.29) is 17.1 Å². The van der Waals surface area contributed by atoms with E-state index in [1.54, 1.807) is 13.8 Å². The monoisotopic (exact) mass is 333 g/mol. The molecule has 126 valence electrons. The van der Waals surface area contributed by atoms with Gasteiger partial charge in [0.25, 0.3) is 11.6 Å². The molecule has 9 nitrogen and oxygen atoms in total. The molecule has 0 fully saturated rings. The van der Waals surface area contributed by atoms with Gasteiger partial charge in [-0.2, -0.15) is 0 Å². The van der Waals surface area contributed by atoms with Gasteiger partial charge >= 0.3 is 5.97 Å². The number of nitro groups is 1. The summed E-state index contributed by atoms with van der Waals surface area (Å²) in [6.45, 7) is 4.60. The highest BCUT2D eigenvalue weighted by molar-refractivity contribution is 5.97. The number of carbonyl (C=O) groups excluding carboxylic acids is 2. The Labute approximate surface area is 136 Å². The summed E-state index contributed by atoms with van der Waals surface area (Å²) in [5.74, 6) is -0.719. The second kappa shape index (κ2) is 6.90. The summed E-state index contributed by atoms with van der Waals surface area (Å²) in [7, 11) is 0. The van der Waals surface area contributed by atoms with Gasteiger partial charge in [0.1, 0.15) is 5.76 Å². The van der Waals surface area contributed by atoms with Crippen LogP contribution in [0.5, 0.6) is 0 Å². The van der Waals surface area contributed by atoms with Crippen LogP contribution in [0.2, 0.25) is 0 Å². The van der Waals surface area contributed by atoms with Crippen LogP contribution in [0.1, 0.15) is 28.6 Å². The number of hydrogen-bond acceptors (Lipinski definition) is 7. The summed E-state index contributed by atoms with van der Waals surface area (Å²) in [6, 6.07) is 5.47. The maximum absolute atomic E-state index is 12.0. The number of anilines is 1. The minimum absolute atomic E-state index is 0.00997. The van der Waals surface area contributed by atoms with Crippen LogP contribution in [0.15, 0.2) is 28.8 Å². The molecule has 0 spiro atoms. The van der Waals surface area contributed by atoms with E-state index in [0.717, 1.165) is 6.07 Å². The summed E-state index contributed by atoms with van der Waals surface area (Å²) in [4.78, 5) is 34.3. The minimum Gasteiger partial charge on any atom is -0.449 e. The molecule has 1 N–H and O–H groups in total. The van der Waals surface area contributed by atoms with Crippen molar-refractivity contribution in [2.75, 3.05) is 5.32 Å². The predicted molar refractivity (Wildman–Crippen MR) is 82.6 cm³/mol. The van der Waals surface area contributed by atoms with Gasteiger partial charge in [0.15, 0.2) is 11.9 Å². The molecule has 0 aliphatic heterocycles. The second-order valence-electron chi connectivity index (χ2n) is 5.12. The molecule has 0 saturated heterocycles. The highest BCUT2D eigenvalue weighted by atomic mass is 16.6. The lowest BCUT2D eigenvalue weighted by molar-refractivity contribution is -0.385. The molecule has 1 heterocycles. The summed E-state index contributed by atoms with van der Waals surface area (Å²) in [5, 5.41) is 16.9. The Hall–Kier alpha value is -3.23. The van der Waals surface area contributed by atoms with Crippen molar-refractivity contribution in [1.29, 1.82) is 0 Å². The van der Waals surface area contributed by atoms with Crippen molar-refractivity contribution < 1.29 is 23.8 Å². The Bertz CT molecular complexity index is 798. The average molecular weight is 333 g/mol. The minimum atomic E-state index is -1.12. The van der Waals surface area contributed by atoms with Crippen LogP contribution >= 0.6 is 0 Å². The lowest BCUT2D eigenvalue weighted by Crippen LogP contribution is -2.30. The van der Waals surface area contributed by atoms with E-state index in [1.165, 1.54) is 25.1 Å². The van der Waals surface area contributed by atoms with Crippen LogP contribution in [-0.4, -0.2) is 28.1 Å². The molecule has 0 aliphatic rings. The molecule has 0 aliphatic carbocycles. The number of rotatable bonds is 5. The highest BCUT2D eigenvalue weighted by Gasteiger charge is 2.22. The van der Waals surface area contributed by atoms with Gasteiger partial charge in [0.05, 0.1) is 10.5 Å². The molecule has 2 aromatic rings. The maximum atomic E-state index is 12.0. The molecule has 1 unspecified atom stereocenters. The number of benzene rings is 1. The largest absolute Gasteiger partial charge is 0.449 e. The molecular weight excluding hydrogens is 318 g/mol. The molecule has 0 saturated carbocycles. The van der Waals surface area contributed by atoms with Crippen molar-refractivity contribution in [3.05, 3.63) is 51.3 Å². The fraction of sp³-hybridized carbons (Fsp3) is 0.267. The molecule has 0 bridgehead atoms. The van der Waals surface area contributed by atoms with E-state index in [9.17, 15) is 19.7 Å². The van der Waals surface area contributed by atoms with Crippen molar-refractivity contribution in [2.45, 2.75) is 26.9 Å². The molecule has 1 amide bonds. The third-order valence-electron chi connectivity index (χ3n) is 3.17. The van der Waals surface area contributed by atoms with E-state index >= 15 is 0 Å². The molecule has 9 heteroatoms. The Kier molecular flexibility index (Phi) is 4.93. The zero-order valence-corrected chi connectivity index (χ0v) is 13.2. The molecule has 1 aromatic carbocycles. The van der Waals surface area contributed by atoms with Crippen molar-refractivity contribution in [3.8, 4) is 0 Å². The number of esters is 1. The number of aromatic nitrogens is 1. The lowest BCUT2D eigenvalue weighted by Gasteiger charge is -2.12. The predicted octanol–water partition coefficient (Wildman–Crippen LogP) is 2.38. The molecule has 1 atom stereocenters. The summed E-state index contributed by atoms with van der Waals surface area (Å²) < 4.78 is 9.83. The summed E-state index contributed by atoms with van der Waals surface area (Å²) in [6.07, 6.45) is -1.12. The van der Waals surface area contributed by atoms with E-state index in [1.807, 2.05) is 0 Å². The van der Waals surface area contributed by atoms with Crippen LogP contribution in [0.25, 0.3) is 0 Å². The van der Waals surface area contributed by atoms with Gasteiger partial charge in [-0.15, -0.1) is 0 Å². The Balaban J connectivity index is 2.04. The van der Waals surface area contributed by atoms with E-state index < -0.39 is 22.9 Å². The smallest absolute Gasteiger partial charge is 0.339 e. The van der Waals surface area contributed by atoms with Gasteiger partial charge in [0, 0.05) is 17.7 Å². The van der Waals surface area contributed by atoms with Gasteiger partial charge in [-0.05, 0) is 26.8 Å². The number of ether oxygens (including phenoxy) is 1. The van der Waals surface area contributed by atoms with Crippen LogP contribution in [0.3, 0.4) is 0 Å². The van der Waals surface area contributed by atoms with Gasteiger partial charge in [-0.3, -0.25) is 14.9 Å². The topological polar surface area (TPSA) is 125 Å². The Morgan fingerprint density at radius 3 is 2.62 bits per heavy atom. The number of nitrogens with one attached hydrogen (secondary N) is 1. The first kappa shape index (κ1) is 17.1. The number of amides is 1. The van der Waals surface area contributed by atoms with Crippen molar-refractivity contribution >= 4 is 23.4 Å². The van der Waals surface area contributed by atoms with E-state index in [2.05, 4.69) is 10.5 Å². The first-order valence-electron chi connectivity index (χ1n) is 6.98.